The van der Waals surface area contributed by atoms with Gasteiger partial charge >= 0.3 is 11.9 Å². The van der Waals surface area contributed by atoms with Crippen molar-refractivity contribution in [3.05, 3.63) is 52.5 Å². The van der Waals surface area contributed by atoms with Gasteiger partial charge in [0.05, 0.1) is 43.2 Å². The van der Waals surface area contributed by atoms with Gasteiger partial charge in [0.15, 0.2) is 6.61 Å². The fraction of sp³-hybridized carbons (Fsp3) is 0.211. The molecule has 0 aliphatic heterocycles. The highest BCUT2D eigenvalue weighted by atomic mass is 35.5. The van der Waals surface area contributed by atoms with Crippen LogP contribution in [0.3, 0.4) is 0 Å². The largest absolute Gasteiger partial charge is 0.495 e. The van der Waals surface area contributed by atoms with Crippen molar-refractivity contribution in [2.24, 2.45) is 0 Å². The molecule has 0 aliphatic rings. The van der Waals surface area contributed by atoms with Crippen LogP contribution in [0.5, 0.6) is 11.5 Å². The number of esters is 2. The average molecular weight is 408 g/mol. The van der Waals surface area contributed by atoms with E-state index in [0.29, 0.717) is 17.2 Å². The molecule has 0 saturated carbocycles. The first kappa shape index (κ1) is 21.0. The minimum atomic E-state index is -0.763. The summed E-state index contributed by atoms with van der Waals surface area (Å²) in [6.45, 7) is -0.548. The minimum Gasteiger partial charge on any atom is -0.495 e. The van der Waals surface area contributed by atoms with Crippen LogP contribution >= 0.6 is 11.6 Å². The molecule has 0 aliphatic carbocycles. The van der Waals surface area contributed by atoms with Crippen molar-refractivity contribution in [1.82, 2.24) is 0 Å². The third kappa shape index (κ3) is 5.14. The molecule has 1 amide bonds. The molecule has 0 fully saturated rings. The Morgan fingerprint density at radius 1 is 0.929 bits per heavy atom. The molecule has 0 unspecified atom stereocenters. The van der Waals surface area contributed by atoms with Crippen LogP contribution in [0.4, 0.5) is 5.69 Å². The molecule has 0 atom stereocenters. The Balaban J connectivity index is 2.02. The summed E-state index contributed by atoms with van der Waals surface area (Å²) in [7, 11) is 4.11. The van der Waals surface area contributed by atoms with E-state index in [4.69, 9.17) is 25.8 Å². The number of amides is 1. The summed E-state index contributed by atoms with van der Waals surface area (Å²) in [5.41, 5.74) is 0.599. The Hall–Kier alpha value is -3.26. The SMILES string of the molecule is COC(=O)c1cccc(C(=O)OCC(=O)Nc2cc(Cl)c(OC)cc2OC)c1. The molecule has 0 aromatic heterocycles. The Kier molecular flexibility index (Phi) is 7.22. The van der Waals surface area contributed by atoms with Crippen LogP contribution in [0.15, 0.2) is 36.4 Å². The van der Waals surface area contributed by atoms with E-state index in [1.54, 1.807) is 0 Å². The summed E-state index contributed by atoms with van der Waals surface area (Å²) >= 11 is 6.05. The molecule has 9 heteroatoms. The molecule has 0 radical (unpaired) electrons. The summed E-state index contributed by atoms with van der Waals surface area (Å²) in [6, 6.07) is 8.75. The highest BCUT2D eigenvalue weighted by Crippen LogP contribution is 2.35. The minimum absolute atomic E-state index is 0.112. The topological polar surface area (TPSA) is 100 Å². The first-order chi connectivity index (χ1) is 13.4. The zero-order valence-corrected chi connectivity index (χ0v) is 16.2. The molecular weight excluding hydrogens is 390 g/mol. The van der Waals surface area contributed by atoms with Gasteiger partial charge in [0.25, 0.3) is 5.91 Å². The van der Waals surface area contributed by atoms with E-state index in [9.17, 15) is 14.4 Å². The number of carbonyl (C=O) groups excluding carboxylic acids is 3. The number of rotatable bonds is 7. The first-order valence-electron chi connectivity index (χ1n) is 7.96. The fourth-order valence-corrected chi connectivity index (χ4v) is 2.49. The van der Waals surface area contributed by atoms with Gasteiger partial charge in [0, 0.05) is 6.07 Å². The van der Waals surface area contributed by atoms with Gasteiger partial charge in [-0.3, -0.25) is 4.79 Å². The van der Waals surface area contributed by atoms with E-state index < -0.39 is 24.5 Å². The van der Waals surface area contributed by atoms with E-state index in [2.05, 4.69) is 10.1 Å². The smallest absolute Gasteiger partial charge is 0.338 e. The van der Waals surface area contributed by atoms with Gasteiger partial charge in [-0.05, 0) is 24.3 Å². The van der Waals surface area contributed by atoms with Crippen molar-refractivity contribution in [2.45, 2.75) is 0 Å². The van der Waals surface area contributed by atoms with Gasteiger partial charge < -0.3 is 24.3 Å². The van der Waals surface area contributed by atoms with Gasteiger partial charge in [-0.15, -0.1) is 0 Å². The number of benzene rings is 2. The highest BCUT2D eigenvalue weighted by molar-refractivity contribution is 6.32. The quantitative estimate of drug-likeness (QED) is 0.704. The number of hydrogen-bond donors (Lipinski definition) is 1. The first-order valence-corrected chi connectivity index (χ1v) is 8.34. The van der Waals surface area contributed by atoms with Crippen molar-refractivity contribution in [1.29, 1.82) is 0 Å². The lowest BCUT2D eigenvalue weighted by Gasteiger charge is -2.13. The van der Waals surface area contributed by atoms with Crippen molar-refractivity contribution < 1.29 is 33.3 Å². The van der Waals surface area contributed by atoms with E-state index in [-0.39, 0.29) is 16.1 Å². The lowest BCUT2D eigenvalue weighted by Crippen LogP contribution is -2.21. The highest BCUT2D eigenvalue weighted by Gasteiger charge is 2.16. The maximum absolute atomic E-state index is 12.1. The number of anilines is 1. The second-order valence-corrected chi connectivity index (χ2v) is 5.79. The van der Waals surface area contributed by atoms with Crippen molar-refractivity contribution in [2.75, 3.05) is 33.3 Å². The summed E-state index contributed by atoms with van der Waals surface area (Å²) in [5, 5.41) is 2.82. The van der Waals surface area contributed by atoms with Crippen LogP contribution in [-0.4, -0.2) is 45.8 Å². The normalized spacial score (nSPS) is 10.0. The van der Waals surface area contributed by atoms with E-state index >= 15 is 0 Å². The Labute approximate surface area is 166 Å². The van der Waals surface area contributed by atoms with E-state index in [1.807, 2.05) is 0 Å². The number of carbonyl (C=O) groups is 3. The van der Waals surface area contributed by atoms with Gasteiger partial charge in [-0.25, -0.2) is 9.59 Å². The molecule has 0 bridgehead atoms. The molecule has 28 heavy (non-hydrogen) atoms. The Morgan fingerprint density at radius 3 is 2.18 bits per heavy atom. The predicted molar refractivity (Wildman–Crippen MR) is 101 cm³/mol. The summed E-state index contributed by atoms with van der Waals surface area (Å²) in [4.78, 5) is 35.7. The zero-order chi connectivity index (χ0) is 20.7. The molecule has 0 heterocycles. The number of ether oxygens (including phenoxy) is 4. The number of methoxy groups -OCH3 is 3. The van der Waals surface area contributed by atoms with Crippen molar-refractivity contribution in [3.63, 3.8) is 0 Å². The molecule has 148 valence electrons. The molecular formula is C19H18ClNO7. The summed E-state index contributed by atoms with van der Waals surface area (Å²) < 4.78 is 19.8. The molecule has 2 rings (SSSR count). The Bertz CT molecular complexity index is 898. The third-order valence-corrected chi connectivity index (χ3v) is 3.90. The monoisotopic (exact) mass is 407 g/mol. The van der Waals surface area contributed by atoms with Crippen LogP contribution in [-0.2, 0) is 14.3 Å². The number of nitrogens with one attached hydrogen (secondary N) is 1. The average Bonchev–Trinajstić information content (AvgIpc) is 2.71. The van der Waals surface area contributed by atoms with Crippen LogP contribution in [0, 0.1) is 0 Å². The van der Waals surface area contributed by atoms with Gasteiger partial charge in [0.1, 0.15) is 11.5 Å². The second kappa shape index (κ2) is 9.61. The molecule has 0 spiro atoms. The predicted octanol–water partition coefficient (Wildman–Crippen LogP) is 2.94. The number of halogens is 1. The Morgan fingerprint density at radius 2 is 1.57 bits per heavy atom. The number of hydrogen-bond acceptors (Lipinski definition) is 7. The third-order valence-electron chi connectivity index (χ3n) is 3.60. The lowest BCUT2D eigenvalue weighted by atomic mass is 10.1. The van der Waals surface area contributed by atoms with Crippen LogP contribution in [0.1, 0.15) is 20.7 Å². The molecule has 2 aromatic carbocycles. The molecule has 1 N–H and O–H groups in total. The lowest BCUT2D eigenvalue weighted by molar-refractivity contribution is -0.119. The van der Waals surface area contributed by atoms with Gasteiger partial charge in [0.2, 0.25) is 0 Å². The van der Waals surface area contributed by atoms with E-state index in [0.717, 1.165) is 0 Å². The molecule has 0 saturated heterocycles. The van der Waals surface area contributed by atoms with Crippen LogP contribution < -0.4 is 14.8 Å². The summed E-state index contributed by atoms with van der Waals surface area (Å²) in [5.74, 6) is -1.24. The molecule has 2 aromatic rings. The maximum atomic E-state index is 12.1. The van der Waals surface area contributed by atoms with Crippen molar-refractivity contribution in [3.8, 4) is 11.5 Å². The van der Waals surface area contributed by atoms with E-state index in [1.165, 1.54) is 57.7 Å². The second-order valence-electron chi connectivity index (χ2n) is 5.38. The van der Waals surface area contributed by atoms with Gasteiger partial charge in [-0.1, -0.05) is 17.7 Å². The summed E-state index contributed by atoms with van der Waals surface area (Å²) in [6.07, 6.45) is 0. The zero-order valence-electron chi connectivity index (χ0n) is 15.4. The maximum Gasteiger partial charge on any atom is 0.338 e. The van der Waals surface area contributed by atoms with Gasteiger partial charge in [-0.2, -0.15) is 0 Å². The standard InChI is InChI=1S/C19H18ClNO7/c1-25-15-9-16(26-2)14(8-13(15)20)21-17(22)10-28-19(24)12-6-4-5-11(7-12)18(23)27-3/h4-9H,10H2,1-3H3,(H,21,22). The van der Waals surface area contributed by atoms with Crippen LogP contribution in [0.25, 0.3) is 0 Å². The van der Waals surface area contributed by atoms with Crippen molar-refractivity contribution >= 4 is 35.1 Å². The fourth-order valence-electron chi connectivity index (χ4n) is 2.25. The van der Waals surface area contributed by atoms with Crippen LogP contribution in [0.2, 0.25) is 5.02 Å². The molecule has 8 nitrogen and oxygen atoms in total.